The molecule has 42 heavy (non-hydrogen) atoms. The van der Waals surface area contributed by atoms with E-state index in [1.54, 1.807) is 39.5 Å². The van der Waals surface area contributed by atoms with Gasteiger partial charge in [0.25, 0.3) is 5.56 Å². The van der Waals surface area contributed by atoms with Gasteiger partial charge in [-0.25, -0.2) is 24.9 Å². The third kappa shape index (κ3) is 4.70. The average Bonchev–Trinajstić information content (AvgIpc) is 3.92. The van der Waals surface area contributed by atoms with Gasteiger partial charge >= 0.3 is 6.18 Å². The van der Waals surface area contributed by atoms with Gasteiger partial charge in [0.2, 0.25) is 5.88 Å². The van der Waals surface area contributed by atoms with Gasteiger partial charge in [0.15, 0.2) is 11.5 Å². The maximum absolute atomic E-state index is 13.4. The summed E-state index contributed by atoms with van der Waals surface area (Å²) in [5, 5.41) is 0.727. The minimum Gasteiger partial charge on any atom is -0.480 e. The van der Waals surface area contributed by atoms with E-state index < -0.39 is 11.9 Å². The van der Waals surface area contributed by atoms with Crippen molar-refractivity contribution in [3.63, 3.8) is 0 Å². The Morgan fingerprint density at radius 1 is 0.976 bits per heavy atom. The molecule has 2 aliphatic rings. The van der Waals surface area contributed by atoms with Crippen molar-refractivity contribution >= 4 is 11.0 Å². The number of methoxy groups -OCH3 is 1. The normalized spacial score (nSPS) is 15.4. The smallest absolute Gasteiger partial charge is 0.434 e. The van der Waals surface area contributed by atoms with E-state index in [2.05, 4.69) is 15.0 Å². The summed E-state index contributed by atoms with van der Waals surface area (Å²) in [6.07, 6.45) is 1.74. The number of halogens is 3. The molecule has 1 aromatic carbocycles. The van der Waals surface area contributed by atoms with Gasteiger partial charge in [-0.2, -0.15) is 13.2 Å². The molecule has 0 bridgehead atoms. The van der Waals surface area contributed by atoms with Crippen LogP contribution in [0.2, 0.25) is 0 Å². The Bertz CT molecular complexity index is 1890. The van der Waals surface area contributed by atoms with Gasteiger partial charge in [0, 0.05) is 35.2 Å². The van der Waals surface area contributed by atoms with Gasteiger partial charge in [-0.3, -0.25) is 9.36 Å². The van der Waals surface area contributed by atoms with E-state index in [1.165, 1.54) is 19.5 Å². The van der Waals surface area contributed by atoms with E-state index in [1.807, 2.05) is 6.92 Å². The largest absolute Gasteiger partial charge is 0.480 e. The molecule has 5 aromatic rings. The van der Waals surface area contributed by atoms with Crippen LogP contribution in [0.1, 0.15) is 60.3 Å². The van der Waals surface area contributed by atoms with Crippen LogP contribution in [0.4, 0.5) is 13.2 Å². The second-order valence-corrected chi connectivity index (χ2v) is 10.8. The fraction of sp³-hybridized carbons (Fsp3) is 0.333. The van der Waals surface area contributed by atoms with Crippen molar-refractivity contribution in [1.82, 2.24) is 34.1 Å². The first-order chi connectivity index (χ1) is 20.2. The molecule has 0 saturated heterocycles. The van der Waals surface area contributed by atoms with Gasteiger partial charge < -0.3 is 9.30 Å². The van der Waals surface area contributed by atoms with Crippen LogP contribution < -0.4 is 10.3 Å². The fourth-order valence-corrected chi connectivity index (χ4v) is 5.31. The molecule has 2 fully saturated rings. The molecule has 214 valence electrons. The monoisotopic (exact) mass is 573 g/mol. The molecule has 12 heteroatoms. The second kappa shape index (κ2) is 9.74. The molecule has 0 atom stereocenters. The Labute approximate surface area is 238 Å². The molecule has 0 amide bonds. The summed E-state index contributed by atoms with van der Waals surface area (Å²) in [4.78, 5) is 35.4. The third-order valence-corrected chi connectivity index (χ3v) is 7.77. The van der Waals surface area contributed by atoms with Crippen LogP contribution in [-0.4, -0.2) is 41.2 Å². The van der Waals surface area contributed by atoms with Crippen molar-refractivity contribution in [2.45, 2.75) is 57.3 Å². The minimum absolute atomic E-state index is 0.0312. The van der Waals surface area contributed by atoms with Crippen LogP contribution >= 0.6 is 0 Å². The average molecular weight is 574 g/mol. The van der Waals surface area contributed by atoms with E-state index >= 15 is 0 Å². The summed E-state index contributed by atoms with van der Waals surface area (Å²) in [5.74, 6) is 1.35. The number of hydrogen-bond acceptors (Lipinski definition) is 7. The summed E-state index contributed by atoms with van der Waals surface area (Å²) >= 11 is 0. The van der Waals surface area contributed by atoms with Gasteiger partial charge in [0.1, 0.15) is 23.4 Å². The van der Waals surface area contributed by atoms with E-state index in [-0.39, 0.29) is 29.9 Å². The summed E-state index contributed by atoms with van der Waals surface area (Å²) in [6.45, 7) is 2.07. The van der Waals surface area contributed by atoms with Crippen molar-refractivity contribution in [3.8, 4) is 28.7 Å². The van der Waals surface area contributed by atoms with E-state index in [9.17, 15) is 18.0 Å². The molecule has 7 rings (SSSR count). The molecule has 0 N–H and O–H groups in total. The number of ether oxygens (including phenoxy) is 1. The molecule has 0 unspecified atom stereocenters. The highest BCUT2D eigenvalue weighted by Gasteiger charge is 2.37. The van der Waals surface area contributed by atoms with E-state index in [0.717, 1.165) is 48.5 Å². The summed E-state index contributed by atoms with van der Waals surface area (Å²) in [5.41, 5.74) is 2.84. The quantitative estimate of drug-likeness (QED) is 0.246. The maximum atomic E-state index is 13.4. The number of aryl methyl sites for hydroxylation is 1. The van der Waals surface area contributed by atoms with Crippen LogP contribution in [0.25, 0.3) is 33.8 Å². The van der Waals surface area contributed by atoms with Crippen molar-refractivity contribution in [2.75, 3.05) is 7.11 Å². The Balaban J connectivity index is 1.28. The number of benzene rings is 1. The number of hydrogen-bond donors (Lipinski definition) is 0. The standard InChI is InChI=1S/C30H26F3N7O2/c1-16-21-11-12-23(41)40(28(21)38-26(36-16)24-25(18-7-8-18)34-15-35-29(24)42-2)13-17-3-5-19(6-4-17)27-37-22(30(31,32)33)14-39(27)20-9-10-20/h3-6,11-12,14-15,18,20H,7-10,13H2,1-2H3. The topological polar surface area (TPSA) is 101 Å². The van der Waals surface area contributed by atoms with Crippen molar-refractivity contribution in [1.29, 1.82) is 0 Å². The number of fused-ring (bicyclic) bond motifs is 1. The van der Waals surface area contributed by atoms with Gasteiger partial charge in [-0.15, -0.1) is 0 Å². The Morgan fingerprint density at radius 3 is 2.40 bits per heavy atom. The summed E-state index contributed by atoms with van der Waals surface area (Å²) < 4.78 is 48.9. The molecule has 0 spiro atoms. The fourth-order valence-electron chi connectivity index (χ4n) is 5.31. The highest BCUT2D eigenvalue weighted by molar-refractivity contribution is 5.81. The lowest BCUT2D eigenvalue weighted by atomic mass is 10.1. The lowest BCUT2D eigenvalue weighted by Gasteiger charge is -2.15. The minimum atomic E-state index is -4.52. The number of aromatic nitrogens is 7. The Kier molecular flexibility index (Phi) is 6.10. The first-order valence-electron chi connectivity index (χ1n) is 13.7. The highest BCUT2D eigenvalue weighted by Crippen LogP contribution is 2.45. The van der Waals surface area contributed by atoms with Crippen LogP contribution in [0.5, 0.6) is 5.88 Å². The van der Waals surface area contributed by atoms with E-state index in [0.29, 0.717) is 34.2 Å². The van der Waals surface area contributed by atoms with Crippen molar-refractivity contribution in [2.24, 2.45) is 0 Å². The molecule has 4 heterocycles. The number of alkyl halides is 3. The van der Waals surface area contributed by atoms with Crippen molar-refractivity contribution < 1.29 is 17.9 Å². The highest BCUT2D eigenvalue weighted by atomic mass is 19.4. The molecule has 0 aliphatic heterocycles. The zero-order valence-corrected chi connectivity index (χ0v) is 22.9. The van der Waals surface area contributed by atoms with Crippen LogP contribution in [0.3, 0.4) is 0 Å². The SMILES string of the molecule is COc1ncnc(C2CC2)c1-c1nc(C)c2ccc(=O)n(Cc3ccc(-c4nc(C(F)(F)F)cn4C4CC4)cc3)c2n1. The number of pyridine rings is 1. The zero-order chi connectivity index (χ0) is 29.2. The predicted molar refractivity (Wildman–Crippen MR) is 148 cm³/mol. The van der Waals surface area contributed by atoms with Gasteiger partial charge in [-0.05, 0) is 44.2 Å². The first kappa shape index (κ1) is 26.3. The summed E-state index contributed by atoms with van der Waals surface area (Å²) in [7, 11) is 1.54. The Hall–Kier alpha value is -4.61. The molecule has 2 saturated carbocycles. The third-order valence-electron chi connectivity index (χ3n) is 7.77. The van der Waals surface area contributed by atoms with E-state index in [4.69, 9.17) is 14.7 Å². The summed E-state index contributed by atoms with van der Waals surface area (Å²) in [6, 6.07) is 10.3. The molecular weight excluding hydrogens is 547 g/mol. The van der Waals surface area contributed by atoms with Crippen molar-refractivity contribution in [3.05, 3.63) is 81.9 Å². The molecular formula is C30H26F3N7O2. The second-order valence-electron chi connectivity index (χ2n) is 10.8. The van der Waals surface area contributed by atoms with Gasteiger partial charge in [-0.1, -0.05) is 24.3 Å². The predicted octanol–water partition coefficient (Wildman–Crippen LogP) is 5.71. The molecule has 2 aliphatic carbocycles. The first-order valence-corrected chi connectivity index (χ1v) is 13.7. The van der Waals surface area contributed by atoms with Gasteiger partial charge in [0.05, 0.1) is 25.0 Å². The lowest BCUT2D eigenvalue weighted by Crippen LogP contribution is -2.21. The lowest BCUT2D eigenvalue weighted by molar-refractivity contribution is -0.140. The maximum Gasteiger partial charge on any atom is 0.434 e. The number of nitrogens with zero attached hydrogens (tertiary/aromatic N) is 7. The molecule has 4 aromatic heterocycles. The van der Waals surface area contributed by atoms with Crippen LogP contribution in [0.15, 0.2) is 53.7 Å². The van der Waals surface area contributed by atoms with Crippen LogP contribution in [-0.2, 0) is 12.7 Å². The zero-order valence-electron chi connectivity index (χ0n) is 22.9. The Morgan fingerprint density at radius 2 is 1.74 bits per heavy atom. The number of imidazole rings is 1. The molecule has 9 nitrogen and oxygen atoms in total. The van der Waals surface area contributed by atoms with Crippen LogP contribution in [0, 0.1) is 6.92 Å². The number of rotatable bonds is 7. The molecule has 0 radical (unpaired) electrons.